The Morgan fingerprint density at radius 2 is 1.81 bits per heavy atom. The van der Waals surface area contributed by atoms with Gasteiger partial charge in [-0.25, -0.2) is 0 Å². The Bertz CT molecular complexity index is 461. The van der Waals surface area contributed by atoms with Gasteiger partial charge in [-0.2, -0.15) is 0 Å². The van der Waals surface area contributed by atoms with E-state index in [1.165, 1.54) is 25.7 Å². The Balaban J connectivity index is 1.64. The summed E-state index contributed by atoms with van der Waals surface area (Å²) in [4.78, 5) is 0. The van der Waals surface area contributed by atoms with Crippen LogP contribution in [-0.2, 0) is 4.74 Å². The summed E-state index contributed by atoms with van der Waals surface area (Å²) in [6.07, 6.45) is 5.34. The molecule has 0 aliphatic heterocycles. The first-order chi connectivity index (χ1) is 10.3. The summed E-state index contributed by atoms with van der Waals surface area (Å²) in [5.41, 5.74) is 0.879. The summed E-state index contributed by atoms with van der Waals surface area (Å²) in [5, 5.41) is 8.64. The SMILES string of the molecule is CC1CCC(OCCOc2ccc(C#CCO)cc2)CC1. The van der Waals surface area contributed by atoms with E-state index in [9.17, 15) is 0 Å². The number of hydrogen-bond donors (Lipinski definition) is 1. The molecule has 1 saturated carbocycles. The van der Waals surface area contributed by atoms with E-state index in [-0.39, 0.29) is 6.61 Å². The molecule has 0 unspecified atom stereocenters. The van der Waals surface area contributed by atoms with E-state index in [2.05, 4.69) is 18.8 Å². The van der Waals surface area contributed by atoms with Gasteiger partial charge < -0.3 is 14.6 Å². The van der Waals surface area contributed by atoms with Crippen LogP contribution in [0.4, 0.5) is 0 Å². The summed E-state index contributed by atoms with van der Waals surface area (Å²) in [5.74, 6) is 7.16. The van der Waals surface area contributed by atoms with Gasteiger partial charge in [0.15, 0.2) is 0 Å². The fourth-order valence-corrected chi connectivity index (χ4v) is 2.55. The number of benzene rings is 1. The summed E-state index contributed by atoms with van der Waals surface area (Å²) >= 11 is 0. The van der Waals surface area contributed by atoms with Crippen LogP contribution in [0.25, 0.3) is 0 Å². The molecular weight excluding hydrogens is 264 g/mol. The van der Waals surface area contributed by atoms with Crippen LogP contribution in [0.2, 0.25) is 0 Å². The van der Waals surface area contributed by atoms with Gasteiger partial charge in [-0.15, -0.1) is 0 Å². The fraction of sp³-hybridized carbons (Fsp3) is 0.556. The average Bonchev–Trinajstić information content (AvgIpc) is 2.52. The van der Waals surface area contributed by atoms with E-state index in [0.717, 1.165) is 17.2 Å². The highest BCUT2D eigenvalue weighted by Gasteiger charge is 2.18. The molecule has 2 rings (SSSR count). The molecular formula is C18H24O3. The molecule has 0 saturated heterocycles. The van der Waals surface area contributed by atoms with Gasteiger partial charge in [0.25, 0.3) is 0 Å². The molecule has 0 amide bonds. The molecule has 1 aromatic carbocycles. The summed E-state index contributed by atoms with van der Waals surface area (Å²) in [6.45, 7) is 3.42. The molecule has 0 heterocycles. The first kappa shape index (κ1) is 15.9. The van der Waals surface area contributed by atoms with Crippen molar-refractivity contribution in [2.75, 3.05) is 19.8 Å². The molecule has 1 aliphatic rings. The lowest BCUT2D eigenvalue weighted by atomic mass is 9.89. The molecule has 0 aromatic heterocycles. The van der Waals surface area contributed by atoms with Crippen LogP contribution in [0.3, 0.4) is 0 Å². The van der Waals surface area contributed by atoms with Crippen LogP contribution in [-0.4, -0.2) is 31.0 Å². The predicted octanol–water partition coefficient (Wildman–Crippen LogP) is 3.00. The van der Waals surface area contributed by atoms with Crippen LogP contribution in [0.1, 0.15) is 38.2 Å². The van der Waals surface area contributed by atoms with Crippen LogP contribution in [0.15, 0.2) is 24.3 Å². The summed E-state index contributed by atoms with van der Waals surface area (Å²) < 4.78 is 11.5. The van der Waals surface area contributed by atoms with E-state index in [0.29, 0.717) is 19.3 Å². The lowest BCUT2D eigenvalue weighted by Gasteiger charge is -2.26. The topological polar surface area (TPSA) is 38.7 Å². The smallest absolute Gasteiger partial charge is 0.119 e. The molecule has 3 nitrogen and oxygen atoms in total. The predicted molar refractivity (Wildman–Crippen MR) is 83.3 cm³/mol. The molecule has 1 aliphatic carbocycles. The van der Waals surface area contributed by atoms with Gasteiger partial charge in [0.1, 0.15) is 19.0 Å². The number of rotatable bonds is 5. The Labute approximate surface area is 127 Å². The van der Waals surface area contributed by atoms with Gasteiger partial charge in [-0.3, -0.25) is 0 Å². The van der Waals surface area contributed by atoms with E-state index < -0.39 is 0 Å². The van der Waals surface area contributed by atoms with Gasteiger partial charge in [0, 0.05) is 5.56 Å². The minimum atomic E-state index is -0.116. The molecule has 1 N–H and O–H groups in total. The zero-order chi connectivity index (χ0) is 14.9. The van der Waals surface area contributed by atoms with Gasteiger partial charge in [-0.05, 0) is 55.9 Å². The molecule has 114 valence electrons. The molecule has 3 heteroatoms. The minimum Gasteiger partial charge on any atom is -0.491 e. The highest BCUT2D eigenvalue weighted by atomic mass is 16.5. The van der Waals surface area contributed by atoms with Crippen molar-refractivity contribution >= 4 is 0 Å². The Morgan fingerprint density at radius 1 is 1.10 bits per heavy atom. The standard InChI is InChI=1S/C18H24O3/c1-15-4-8-17(9-5-15)20-13-14-21-18-10-6-16(7-11-18)3-2-12-19/h6-7,10-11,15,17,19H,4-5,8-9,12-14H2,1H3. The van der Waals surface area contributed by atoms with Crippen molar-refractivity contribution in [1.29, 1.82) is 0 Å². The van der Waals surface area contributed by atoms with Crippen LogP contribution in [0, 0.1) is 17.8 Å². The lowest BCUT2D eigenvalue weighted by Crippen LogP contribution is -2.22. The normalized spacial score (nSPS) is 21.4. The molecule has 0 spiro atoms. The third-order valence-electron chi connectivity index (χ3n) is 3.83. The summed E-state index contributed by atoms with van der Waals surface area (Å²) in [7, 11) is 0. The summed E-state index contributed by atoms with van der Waals surface area (Å²) in [6, 6.07) is 7.57. The maximum atomic E-state index is 8.64. The van der Waals surface area contributed by atoms with Crippen molar-refractivity contribution in [3.8, 4) is 17.6 Å². The second kappa shape index (κ2) is 8.71. The number of hydrogen-bond acceptors (Lipinski definition) is 3. The van der Waals surface area contributed by atoms with Gasteiger partial charge >= 0.3 is 0 Å². The fourth-order valence-electron chi connectivity index (χ4n) is 2.55. The Morgan fingerprint density at radius 3 is 2.48 bits per heavy atom. The zero-order valence-electron chi connectivity index (χ0n) is 12.7. The third kappa shape index (κ3) is 5.79. The van der Waals surface area contributed by atoms with Gasteiger partial charge in [0.05, 0.1) is 12.7 Å². The molecule has 1 fully saturated rings. The molecule has 0 bridgehead atoms. The van der Waals surface area contributed by atoms with Crippen molar-refractivity contribution in [3.63, 3.8) is 0 Å². The average molecular weight is 288 g/mol. The van der Waals surface area contributed by atoms with E-state index >= 15 is 0 Å². The van der Waals surface area contributed by atoms with Crippen molar-refractivity contribution in [2.45, 2.75) is 38.7 Å². The highest BCUT2D eigenvalue weighted by molar-refractivity contribution is 5.38. The highest BCUT2D eigenvalue weighted by Crippen LogP contribution is 2.25. The maximum Gasteiger partial charge on any atom is 0.119 e. The van der Waals surface area contributed by atoms with Crippen LogP contribution < -0.4 is 4.74 Å². The van der Waals surface area contributed by atoms with E-state index in [1.807, 2.05) is 24.3 Å². The van der Waals surface area contributed by atoms with Gasteiger partial charge in [-0.1, -0.05) is 18.8 Å². The second-order valence-corrected chi connectivity index (χ2v) is 5.59. The largest absolute Gasteiger partial charge is 0.491 e. The minimum absolute atomic E-state index is 0.116. The van der Waals surface area contributed by atoms with Crippen molar-refractivity contribution in [1.82, 2.24) is 0 Å². The first-order valence-electron chi connectivity index (χ1n) is 7.72. The Hall–Kier alpha value is -1.50. The van der Waals surface area contributed by atoms with Crippen LogP contribution in [0.5, 0.6) is 5.75 Å². The van der Waals surface area contributed by atoms with Crippen molar-refractivity contribution in [2.24, 2.45) is 5.92 Å². The molecule has 21 heavy (non-hydrogen) atoms. The van der Waals surface area contributed by atoms with E-state index in [4.69, 9.17) is 14.6 Å². The van der Waals surface area contributed by atoms with Crippen molar-refractivity contribution in [3.05, 3.63) is 29.8 Å². The molecule has 0 atom stereocenters. The quantitative estimate of drug-likeness (QED) is 0.668. The van der Waals surface area contributed by atoms with Crippen LogP contribution >= 0.6 is 0 Å². The number of ether oxygens (including phenoxy) is 2. The first-order valence-corrected chi connectivity index (χ1v) is 7.72. The monoisotopic (exact) mass is 288 g/mol. The van der Waals surface area contributed by atoms with Gasteiger partial charge in [0.2, 0.25) is 0 Å². The Kier molecular flexibility index (Phi) is 6.59. The lowest BCUT2D eigenvalue weighted by molar-refractivity contribution is 0.00570. The maximum absolute atomic E-state index is 8.64. The van der Waals surface area contributed by atoms with Crippen molar-refractivity contribution < 1.29 is 14.6 Å². The molecule has 0 radical (unpaired) electrons. The molecule has 1 aromatic rings. The zero-order valence-corrected chi connectivity index (χ0v) is 12.7. The second-order valence-electron chi connectivity index (χ2n) is 5.59. The number of aliphatic hydroxyl groups is 1. The third-order valence-corrected chi connectivity index (χ3v) is 3.83. The van der Waals surface area contributed by atoms with E-state index in [1.54, 1.807) is 0 Å². The number of aliphatic hydroxyl groups excluding tert-OH is 1.